The van der Waals surface area contributed by atoms with E-state index in [1.807, 2.05) is 20.8 Å². The number of nitrogens with zero attached hydrogens (tertiary/aromatic N) is 1. The number of hydrogen-bond acceptors (Lipinski definition) is 2. The number of imide groups is 1. The molecule has 3 heteroatoms. The van der Waals surface area contributed by atoms with E-state index in [2.05, 4.69) is 0 Å². The minimum absolute atomic E-state index is 0.0568. The molecule has 21 heavy (non-hydrogen) atoms. The van der Waals surface area contributed by atoms with Crippen LogP contribution in [0.3, 0.4) is 0 Å². The van der Waals surface area contributed by atoms with Crippen molar-refractivity contribution < 1.29 is 9.59 Å². The molecule has 0 aromatic heterocycles. The van der Waals surface area contributed by atoms with Gasteiger partial charge in [0.05, 0.1) is 0 Å². The van der Waals surface area contributed by atoms with Crippen molar-refractivity contribution in [2.45, 2.75) is 52.9 Å². The van der Waals surface area contributed by atoms with Crippen LogP contribution in [-0.4, -0.2) is 23.3 Å². The predicted octanol–water partition coefficient (Wildman–Crippen LogP) is 3.09. The number of amides is 2. The lowest BCUT2D eigenvalue weighted by Gasteiger charge is -2.50. The van der Waals surface area contributed by atoms with Gasteiger partial charge in [0.25, 0.3) is 0 Å². The first kappa shape index (κ1) is 13.8. The summed E-state index contributed by atoms with van der Waals surface area (Å²) < 4.78 is 0. The number of carbonyl (C=O) groups is 2. The number of piperidine rings is 1. The van der Waals surface area contributed by atoms with E-state index in [9.17, 15) is 9.59 Å². The molecule has 6 unspecified atom stereocenters. The van der Waals surface area contributed by atoms with E-state index in [0.717, 1.165) is 30.6 Å². The van der Waals surface area contributed by atoms with Crippen molar-refractivity contribution in [1.29, 1.82) is 0 Å². The van der Waals surface area contributed by atoms with Crippen molar-refractivity contribution in [2.75, 3.05) is 6.54 Å². The Morgan fingerprint density at radius 2 is 1.76 bits per heavy atom. The predicted molar refractivity (Wildman–Crippen MR) is 80.2 cm³/mol. The van der Waals surface area contributed by atoms with Gasteiger partial charge in [0.1, 0.15) is 0 Å². The highest BCUT2D eigenvalue weighted by molar-refractivity contribution is 5.99. The molecule has 0 spiro atoms. The molecule has 0 N–H and O–H groups in total. The highest BCUT2D eigenvalue weighted by Gasteiger charge is 2.64. The van der Waals surface area contributed by atoms with Gasteiger partial charge in [-0.1, -0.05) is 20.8 Å². The molecule has 3 saturated carbocycles. The van der Waals surface area contributed by atoms with Crippen LogP contribution in [0.2, 0.25) is 0 Å². The maximum absolute atomic E-state index is 13.0. The summed E-state index contributed by atoms with van der Waals surface area (Å²) in [5.74, 6) is 4.16. The van der Waals surface area contributed by atoms with Gasteiger partial charge in [0, 0.05) is 17.9 Å². The summed E-state index contributed by atoms with van der Waals surface area (Å²) in [5, 5.41) is 0. The molecule has 6 atom stereocenters. The van der Waals surface area contributed by atoms with Crippen LogP contribution < -0.4 is 0 Å². The topological polar surface area (TPSA) is 37.4 Å². The zero-order chi connectivity index (χ0) is 14.9. The fraction of sp³-hybridized carbons (Fsp3) is 0.889. The molecule has 3 aliphatic carbocycles. The minimum atomic E-state index is -0.404. The van der Waals surface area contributed by atoms with Crippen molar-refractivity contribution in [3.8, 4) is 0 Å². The number of likely N-dealkylation sites (tertiary alicyclic amines) is 1. The molecule has 116 valence electrons. The van der Waals surface area contributed by atoms with E-state index in [-0.39, 0.29) is 17.7 Å². The summed E-state index contributed by atoms with van der Waals surface area (Å²) in [4.78, 5) is 27.3. The monoisotopic (exact) mass is 289 g/mol. The summed E-state index contributed by atoms with van der Waals surface area (Å²) in [7, 11) is 0. The number of rotatable bonds is 2. The largest absolute Gasteiger partial charge is 0.282 e. The molecule has 2 amide bonds. The highest BCUT2D eigenvalue weighted by atomic mass is 16.2. The molecule has 0 aromatic carbocycles. The van der Waals surface area contributed by atoms with Crippen LogP contribution in [0.15, 0.2) is 0 Å². The van der Waals surface area contributed by atoms with Crippen LogP contribution in [0.25, 0.3) is 0 Å². The van der Waals surface area contributed by atoms with Gasteiger partial charge >= 0.3 is 0 Å². The third kappa shape index (κ3) is 1.66. The lowest BCUT2D eigenvalue weighted by molar-refractivity contribution is -0.161. The van der Waals surface area contributed by atoms with Gasteiger partial charge in [-0.2, -0.15) is 0 Å². The number of carbonyl (C=O) groups excluding carboxylic acids is 2. The van der Waals surface area contributed by atoms with Crippen LogP contribution in [0.1, 0.15) is 52.9 Å². The van der Waals surface area contributed by atoms with Crippen LogP contribution in [0, 0.1) is 40.9 Å². The minimum Gasteiger partial charge on any atom is -0.282 e. The van der Waals surface area contributed by atoms with Gasteiger partial charge in [0.2, 0.25) is 11.8 Å². The Hall–Kier alpha value is -0.860. The lowest BCUT2D eigenvalue weighted by Crippen LogP contribution is -2.56. The van der Waals surface area contributed by atoms with Gasteiger partial charge < -0.3 is 0 Å². The summed E-state index contributed by atoms with van der Waals surface area (Å²) in [6.45, 7) is 6.64. The fourth-order valence-corrected chi connectivity index (χ4v) is 5.81. The third-order valence-corrected chi connectivity index (χ3v) is 7.45. The van der Waals surface area contributed by atoms with Crippen molar-refractivity contribution >= 4 is 11.8 Å². The van der Waals surface area contributed by atoms with Crippen LogP contribution in [0.5, 0.6) is 0 Å². The molecule has 1 saturated heterocycles. The Morgan fingerprint density at radius 3 is 2.38 bits per heavy atom. The Bertz CT molecular complexity index is 495. The van der Waals surface area contributed by atoms with Gasteiger partial charge in [-0.25, -0.2) is 0 Å². The molecule has 2 bridgehead atoms. The van der Waals surface area contributed by atoms with Gasteiger partial charge in [-0.05, 0) is 61.7 Å². The summed E-state index contributed by atoms with van der Waals surface area (Å²) in [6.07, 6.45) is 5.86. The average Bonchev–Trinajstić information content (AvgIpc) is 2.88. The second-order valence-electron chi connectivity index (χ2n) is 8.48. The van der Waals surface area contributed by atoms with Crippen molar-refractivity contribution in [3.05, 3.63) is 0 Å². The first-order valence-electron chi connectivity index (χ1n) is 8.81. The van der Waals surface area contributed by atoms with E-state index < -0.39 is 5.41 Å². The van der Waals surface area contributed by atoms with Gasteiger partial charge in [0.15, 0.2) is 0 Å². The Morgan fingerprint density at radius 1 is 1.10 bits per heavy atom. The van der Waals surface area contributed by atoms with E-state index in [1.165, 1.54) is 19.3 Å². The smallest absolute Gasteiger partial charge is 0.234 e. The number of fused-ring (bicyclic) bond motifs is 8. The summed E-state index contributed by atoms with van der Waals surface area (Å²) >= 11 is 0. The van der Waals surface area contributed by atoms with Crippen molar-refractivity contribution in [1.82, 2.24) is 4.90 Å². The molecule has 4 fully saturated rings. The van der Waals surface area contributed by atoms with E-state index in [0.29, 0.717) is 18.4 Å². The van der Waals surface area contributed by atoms with Crippen molar-refractivity contribution in [2.24, 2.45) is 40.9 Å². The Balaban J connectivity index is 1.57. The molecule has 3 nitrogen and oxygen atoms in total. The molecular formula is C18H27NO2. The zero-order valence-electron chi connectivity index (χ0n) is 13.5. The van der Waals surface area contributed by atoms with Gasteiger partial charge in [-0.3, -0.25) is 14.5 Å². The molecule has 1 aliphatic heterocycles. The fourth-order valence-electron chi connectivity index (χ4n) is 5.81. The van der Waals surface area contributed by atoms with Crippen LogP contribution in [-0.2, 0) is 9.59 Å². The molecule has 4 aliphatic rings. The summed E-state index contributed by atoms with van der Waals surface area (Å²) in [6, 6.07) is 0. The first-order valence-corrected chi connectivity index (χ1v) is 8.81. The molecule has 4 rings (SSSR count). The highest BCUT2D eigenvalue weighted by Crippen LogP contribution is 2.67. The first-order chi connectivity index (χ1) is 9.95. The van der Waals surface area contributed by atoms with E-state index >= 15 is 0 Å². The third-order valence-electron chi connectivity index (χ3n) is 7.45. The summed E-state index contributed by atoms with van der Waals surface area (Å²) in [5.41, 5.74) is -0.404. The average molecular weight is 289 g/mol. The molecule has 0 aromatic rings. The SMILES string of the molecule is CCC(C)(C)C(=O)N1CCC2C3CC(C4CCC34)C2C1=O. The van der Waals surface area contributed by atoms with Crippen molar-refractivity contribution in [3.63, 3.8) is 0 Å². The molecular weight excluding hydrogens is 262 g/mol. The van der Waals surface area contributed by atoms with Crippen LogP contribution >= 0.6 is 0 Å². The molecule has 1 heterocycles. The Labute approximate surface area is 127 Å². The van der Waals surface area contributed by atoms with Crippen LogP contribution in [0.4, 0.5) is 0 Å². The second kappa shape index (κ2) is 4.33. The maximum atomic E-state index is 13.0. The normalized spacial score (nSPS) is 44.3. The Kier molecular flexibility index (Phi) is 2.84. The lowest BCUT2D eigenvalue weighted by atomic mass is 9.57. The maximum Gasteiger partial charge on any atom is 0.234 e. The zero-order valence-corrected chi connectivity index (χ0v) is 13.5. The van der Waals surface area contributed by atoms with E-state index in [1.54, 1.807) is 4.90 Å². The van der Waals surface area contributed by atoms with E-state index in [4.69, 9.17) is 0 Å². The molecule has 0 radical (unpaired) electrons. The number of hydrogen-bond donors (Lipinski definition) is 0. The van der Waals surface area contributed by atoms with Gasteiger partial charge in [-0.15, -0.1) is 0 Å². The second-order valence-corrected chi connectivity index (χ2v) is 8.48. The standard InChI is InChI=1S/C18H27NO2/c1-4-18(2,3)17(21)19-8-7-12-13-9-14(15(12)16(19)20)11-6-5-10(11)13/h10-15H,4-9H2,1-3H3. The quantitative estimate of drug-likeness (QED) is 0.783.